The number of hydrogen-bond acceptors (Lipinski definition) is 3. The molecule has 5 nitrogen and oxygen atoms in total. The molecule has 0 amide bonds. The van der Waals surface area contributed by atoms with E-state index in [1.54, 1.807) is 4.68 Å². The van der Waals surface area contributed by atoms with Crippen LogP contribution in [0.5, 0.6) is 0 Å². The summed E-state index contributed by atoms with van der Waals surface area (Å²) in [5, 5.41) is 11.0. The largest absolute Gasteiger partial charge is 0.399 e. The molecule has 0 aliphatic rings. The number of benzene rings is 2. The predicted octanol–water partition coefficient (Wildman–Crippen LogP) is 4.68. The molecule has 2 aromatic carbocycles. The van der Waals surface area contributed by atoms with Crippen molar-refractivity contribution in [1.82, 2.24) is 19.6 Å². The third-order valence-corrected chi connectivity index (χ3v) is 4.28. The lowest BCUT2D eigenvalue weighted by atomic mass is 10.1. The van der Waals surface area contributed by atoms with Crippen LogP contribution in [0.25, 0.3) is 21.8 Å². The quantitative estimate of drug-likeness (QED) is 0.468. The first-order valence-electron chi connectivity index (χ1n) is 8.94. The summed E-state index contributed by atoms with van der Waals surface area (Å²) in [4.78, 5) is 0. The van der Waals surface area contributed by atoms with Crippen molar-refractivity contribution in [3.8, 4) is 0 Å². The summed E-state index contributed by atoms with van der Waals surface area (Å²) in [6.07, 6.45) is 4.04. The summed E-state index contributed by atoms with van der Waals surface area (Å²) in [7, 11) is 3.87. The van der Waals surface area contributed by atoms with E-state index in [1.807, 2.05) is 57.9 Å². The van der Waals surface area contributed by atoms with Crippen molar-refractivity contribution in [3.63, 3.8) is 0 Å². The van der Waals surface area contributed by atoms with Crippen molar-refractivity contribution in [1.29, 1.82) is 0 Å². The zero-order valence-electron chi connectivity index (χ0n) is 16.8. The van der Waals surface area contributed by atoms with Crippen LogP contribution in [0.15, 0.2) is 36.7 Å². The fourth-order valence-electron chi connectivity index (χ4n) is 2.92. The topological polar surface area (TPSA) is 61.7 Å². The van der Waals surface area contributed by atoms with Crippen LogP contribution in [0.2, 0.25) is 0 Å². The molecule has 2 heterocycles. The first-order chi connectivity index (χ1) is 12.3. The van der Waals surface area contributed by atoms with Gasteiger partial charge in [0.05, 0.1) is 11.0 Å². The van der Waals surface area contributed by atoms with E-state index < -0.39 is 0 Å². The van der Waals surface area contributed by atoms with E-state index in [9.17, 15) is 0 Å². The molecule has 2 aromatic heterocycles. The van der Waals surface area contributed by atoms with Gasteiger partial charge in [0.15, 0.2) is 0 Å². The summed E-state index contributed by atoms with van der Waals surface area (Å²) in [5.74, 6) is 0. The van der Waals surface area contributed by atoms with E-state index in [1.165, 1.54) is 16.5 Å². The monoisotopic (exact) mass is 351 g/mol. The molecule has 2 N–H and O–H groups in total. The maximum atomic E-state index is 5.70. The van der Waals surface area contributed by atoms with Crippen molar-refractivity contribution < 1.29 is 0 Å². The van der Waals surface area contributed by atoms with E-state index >= 15 is 0 Å². The average molecular weight is 351 g/mol. The molecule has 0 atom stereocenters. The lowest BCUT2D eigenvalue weighted by Crippen LogP contribution is -1.87. The second-order valence-corrected chi connectivity index (χ2v) is 6.32. The van der Waals surface area contributed by atoms with Gasteiger partial charge >= 0.3 is 0 Å². The Morgan fingerprint density at radius 1 is 0.846 bits per heavy atom. The third-order valence-electron chi connectivity index (χ3n) is 4.28. The van der Waals surface area contributed by atoms with Gasteiger partial charge < -0.3 is 5.73 Å². The number of rotatable bonds is 0. The van der Waals surface area contributed by atoms with Crippen LogP contribution in [0, 0.1) is 20.8 Å². The lowest BCUT2D eigenvalue weighted by Gasteiger charge is -1.98. The van der Waals surface area contributed by atoms with Gasteiger partial charge in [0, 0.05) is 42.9 Å². The van der Waals surface area contributed by atoms with Crippen molar-refractivity contribution in [3.05, 3.63) is 53.3 Å². The molecule has 4 rings (SSSR count). The molecule has 0 bridgehead atoms. The fraction of sp³-hybridized carbons (Fsp3) is 0.333. The molecular weight excluding hydrogens is 322 g/mol. The Balaban J connectivity index is 0.000000171. The molecule has 0 saturated carbocycles. The fourth-order valence-corrected chi connectivity index (χ4v) is 2.92. The van der Waals surface area contributed by atoms with E-state index in [-0.39, 0.29) is 0 Å². The zero-order valence-corrected chi connectivity index (χ0v) is 16.8. The Morgan fingerprint density at radius 2 is 1.50 bits per heavy atom. The van der Waals surface area contributed by atoms with E-state index in [2.05, 4.69) is 42.4 Å². The molecule has 26 heavy (non-hydrogen) atoms. The minimum Gasteiger partial charge on any atom is -0.399 e. The van der Waals surface area contributed by atoms with E-state index in [0.29, 0.717) is 0 Å². The number of nitrogens with two attached hydrogens (primary N) is 1. The Hall–Kier alpha value is -2.82. The molecule has 138 valence electrons. The minimum absolute atomic E-state index is 0.799. The maximum absolute atomic E-state index is 5.70. The SMILES string of the molecule is CC.Cc1cc(N)cc2cn(C)nc12.Cc1ccc2nn(C)cc2c1C. The number of aromatic nitrogens is 4. The predicted molar refractivity (Wildman–Crippen MR) is 111 cm³/mol. The van der Waals surface area contributed by atoms with Crippen molar-refractivity contribution >= 4 is 27.5 Å². The van der Waals surface area contributed by atoms with Crippen molar-refractivity contribution in [2.45, 2.75) is 34.6 Å². The Kier molecular flexibility index (Phi) is 6.03. The van der Waals surface area contributed by atoms with Gasteiger partial charge in [0.2, 0.25) is 0 Å². The van der Waals surface area contributed by atoms with Crippen molar-refractivity contribution in [2.24, 2.45) is 14.1 Å². The highest BCUT2D eigenvalue weighted by Gasteiger charge is 2.03. The van der Waals surface area contributed by atoms with Crippen LogP contribution in [0.1, 0.15) is 30.5 Å². The second-order valence-electron chi connectivity index (χ2n) is 6.32. The Labute approximate surface area is 155 Å². The third kappa shape index (κ3) is 4.04. The highest BCUT2D eigenvalue weighted by Crippen LogP contribution is 2.20. The van der Waals surface area contributed by atoms with Crippen LogP contribution in [-0.2, 0) is 14.1 Å². The van der Waals surface area contributed by atoms with E-state index in [4.69, 9.17) is 5.73 Å². The standard InChI is InChI=1S/C10H12N2.C9H11N3.C2H6/c1-7-4-5-10-9(8(7)2)6-12(3)11-10;1-6-3-8(10)4-7-5-12(2)11-9(6)7;1-2/h4-6H,1-3H3;3-5H,10H2,1-2H3;1-2H3. The molecule has 0 fully saturated rings. The molecule has 4 aromatic rings. The molecule has 0 unspecified atom stereocenters. The molecular formula is C21H29N5. The van der Waals surface area contributed by atoms with Gasteiger partial charge in [0.25, 0.3) is 0 Å². The van der Waals surface area contributed by atoms with E-state index in [0.717, 1.165) is 27.7 Å². The van der Waals surface area contributed by atoms with Gasteiger partial charge in [-0.25, -0.2) is 0 Å². The normalized spacial score (nSPS) is 10.3. The van der Waals surface area contributed by atoms with Gasteiger partial charge in [0.1, 0.15) is 0 Å². The average Bonchev–Trinajstić information content (AvgIpc) is 3.16. The summed E-state index contributed by atoms with van der Waals surface area (Å²) in [5.41, 5.74) is 12.4. The first-order valence-corrected chi connectivity index (χ1v) is 8.94. The van der Waals surface area contributed by atoms with Gasteiger partial charge in [-0.05, 0) is 55.7 Å². The molecule has 5 heteroatoms. The van der Waals surface area contributed by atoms with Gasteiger partial charge in [-0.2, -0.15) is 10.2 Å². The molecule has 0 radical (unpaired) electrons. The number of nitrogens with zero attached hydrogens (tertiary/aromatic N) is 4. The summed E-state index contributed by atoms with van der Waals surface area (Å²) < 4.78 is 3.66. The van der Waals surface area contributed by atoms with Crippen LogP contribution < -0.4 is 5.73 Å². The van der Waals surface area contributed by atoms with Gasteiger partial charge in [-0.15, -0.1) is 0 Å². The highest BCUT2D eigenvalue weighted by atomic mass is 15.2. The lowest BCUT2D eigenvalue weighted by molar-refractivity contribution is 0.779. The Morgan fingerprint density at radius 3 is 2.19 bits per heavy atom. The van der Waals surface area contributed by atoms with Crippen molar-refractivity contribution in [2.75, 3.05) is 5.73 Å². The number of hydrogen-bond donors (Lipinski definition) is 1. The summed E-state index contributed by atoms with van der Waals surface area (Å²) >= 11 is 0. The second kappa shape index (κ2) is 8.04. The van der Waals surface area contributed by atoms with Crippen LogP contribution in [0.3, 0.4) is 0 Å². The van der Waals surface area contributed by atoms with Gasteiger partial charge in [-0.1, -0.05) is 19.9 Å². The summed E-state index contributed by atoms with van der Waals surface area (Å²) in [6.45, 7) is 10.3. The molecule has 0 aliphatic heterocycles. The first kappa shape index (κ1) is 19.5. The van der Waals surface area contributed by atoms with Crippen LogP contribution in [0.4, 0.5) is 5.69 Å². The maximum Gasteiger partial charge on any atom is 0.0953 e. The molecule has 0 spiro atoms. The summed E-state index contributed by atoms with van der Waals surface area (Å²) in [6, 6.07) is 8.06. The number of aryl methyl sites for hydroxylation is 5. The van der Waals surface area contributed by atoms with Gasteiger partial charge in [-0.3, -0.25) is 9.36 Å². The number of fused-ring (bicyclic) bond motifs is 2. The molecule has 0 saturated heterocycles. The Bertz CT molecular complexity index is 1020. The molecule has 0 aliphatic carbocycles. The minimum atomic E-state index is 0.799. The number of nitrogen functional groups attached to an aromatic ring is 1. The smallest absolute Gasteiger partial charge is 0.0953 e. The highest BCUT2D eigenvalue weighted by molar-refractivity contribution is 5.84. The van der Waals surface area contributed by atoms with Crippen LogP contribution >= 0.6 is 0 Å². The van der Waals surface area contributed by atoms with Crippen LogP contribution in [-0.4, -0.2) is 19.6 Å². The number of anilines is 1. The zero-order chi connectivity index (χ0) is 19.4.